The number of halogens is 1. The summed E-state index contributed by atoms with van der Waals surface area (Å²) in [5.74, 6) is 0.159. The van der Waals surface area contributed by atoms with Crippen molar-refractivity contribution in [3.63, 3.8) is 0 Å². The van der Waals surface area contributed by atoms with Crippen LogP contribution in [-0.2, 0) is 9.84 Å². The van der Waals surface area contributed by atoms with E-state index in [0.717, 1.165) is 19.3 Å². The first-order valence-electron chi connectivity index (χ1n) is 6.68. The lowest BCUT2D eigenvalue weighted by Gasteiger charge is -2.18. The number of benzene rings is 1. The number of hydrogen-bond donors (Lipinski definition) is 1. The minimum Gasteiger partial charge on any atom is -0.317 e. The fourth-order valence-corrected chi connectivity index (χ4v) is 4.23. The van der Waals surface area contributed by atoms with E-state index in [1.165, 1.54) is 24.3 Å². The van der Waals surface area contributed by atoms with Gasteiger partial charge in [0.05, 0.1) is 10.6 Å². The van der Waals surface area contributed by atoms with Crippen molar-refractivity contribution in [3.8, 4) is 0 Å². The highest BCUT2D eigenvalue weighted by Gasteiger charge is 2.27. The van der Waals surface area contributed by atoms with Crippen LogP contribution in [0.3, 0.4) is 0 Å². The maximum atomic E-state index is 12.8. The first-order valence-corrected chi connectivity index (χ1v) is 8.34. The average Bonchev–Trinajstić information content (AvgIpc) is 2.84. The summed E-state index contributed by atoms with van der Waals surface area (Å²) >= 11 is 0. The van der Waals surface area contributed by atoms with Gasteiger partial charge in [-0.2, -0.15) is 0 Å². The average molecular weight is 285 g/mol. The smallest absolute Gasteiger partial charge is 0.178 e. The van der Waals surface area contributed by atoms with Gasteiger partial charge >= 0.3 is 0 Å². The van der Waals surface area contributed by atoms with Gasteiger partial charge in [-0.25, -0.2) is 12.8 Å². The van der Waals surface area contributed by atoms with Crippen molar-refractivity contribution >= 4 is 9.84 Å². The maximum Gasteiger partial charge on any atom is 0.178 e. The third-order valence-corrected chi connectivity index (χ3v) is 5.72. The van der Waals surface area contributed by atoms with Crippen LogP contribution in [0.25, 0.3) is 0 Å². The molecule has 2 unspecified atom stereocenters. The quantitative estimate of drug-likeness (QED) is 0.845. The molecular weight excluding hydrogens is 265 g/mol. The van der Waals surface area contributed by atoms with Crippen LogP contribution in [0.4, 0.5) is 4.39 Å². The van der Waals surface area contributed by atoms with Gasteiger partial charge in [0, 0.05) is 6.04 Å². The number of nitrogens with one attached hydrogen (secondary N) is 1. The van der Waals surface area contributed by atoms with E-state index in [2.05, 4.69) is 5.32 Å². The van der Waals surface area contributed by atoms with Crippen molar-refractivity contribution in [2.75, 3.05) is 12.8 Å². The molecule has 0 bridgehead atoms. The van der Waals surface area contributed by atoms with Crippen LogP contribution in [-0.4, -0.2) is 27.3 Å². The van der Waals surface area contributed by atoms with Crippen molar-refractivity contribution < 1.29 is 12.8 Å². The van der Waals surface area contributed by atoms with E-state index in [1.54, 1.807) is 0 Å². The Labute approximate surface area is 114 Å². The summed E-state index contributed by atoms with van der Waals surface area (Å²) in [5.41, 5.74) is 0. The Kier molecular flexibility index (Phi) is 4.58. The summed E-state index contributed by atoms with van der Waals surface area (Å²) in [7, 11) is -1.36. The van der Waals surface area contributed by atoms with Gasteiger partial charge in [0.15, 0.2) is 9.84 Å². The summed E-state index contributed by atoms with van der Waals surface area (Å²) in [4.78, 5) is 0.216. The summed E-state index contributed by atoms with van der Waals surface area (Å²) in [6.07, 6.45) is 4.04. The maximum absolute atomic E-state index is 12.8. The number of hydrogen-bond acceptors (Lipinski definition) is 3. The van der Waals surface area contributed by atoms with Gasteiger partial charge in [-0.1, -0.05) is 6.42 Å². The Morgan fingerprint density at radius 3 is 2.58 bits per heavy atom. The normalized spacial score (nSPS) is 23.7. The molecule has 0 radical (unpaired) electrons. The van der Waals surface area contributed by atoms with Crippen molar-refractivity contribution in [2.45, 2.75) is 36.6 Å². The monoisotopic (exact) mass is 285 g/mol. The van der Waals surface area contributed by atoms with E-state index in [1.807, 2.05) is 7.05 Å². The Balaban J connectivity index is 2.00. The van der Waals surface area contributed by atoms with Crippen LogP contribution in [0.5, 0.6) is 0 Å². The van der Waals surface area contributed by atoms with Gasteiger partial charge in [0.1, 0.15) is 5.82 Å². The Bertz CT molecular complexity index is 513. The molecule has 3 nitrogen and oxygen atoms in total. The van der Waals surface area contributed by atoms with E-state index in [4.69, 9.17) is 0 Å². The summed E-state index contributed by atoms with van der Waals surface area (Å²) in [5, 5.41) is 3.25. The second-order valence-corrected chi connectivity index (χ2v) is 7.26. The highest BCUT2D eigenvalue weighted by molar-refractivity contribution is 7.91. The van der Waals surface area contributed by atoms with Gasteiger partial charge < -0.3 is 5.32 Å². The molecule has 1 fully saturated rings. The molecule has 0 amide bonds. The molecule has 1 aliphatic carbocycles. The molecule has 0 spiro atoms. The van der Waals surface area contributed by atoms with Crippen LogP contribution in [0.15, 0.2) is 29.2 Å². The molecule has 106 valence electrons. The second-order valence-electron chi connectivity index (χ2n) is 5.15. The molecule has 2 rings (SSSR count). The Morgan fingerprint density at radius 2 is 1.95 bits per heavy atom. The minimum absolute atomic E-state index is 0.140. The molecular formula is C14H20FNO2S. The SMILES string of the molecule is CNC1CCCC1CCS(=O)(=O)c1ccc(F)cc1. The van der Waals surface area contributed by atoms with Gasteiger partial charge in [-0.3, -0.25) is 0 Å². The molecule has 2 atom stereocenters. The number of rotatable bonds is 5. The van der Waals surface area contributed by atoms with Crippen molar-refractivity contribution in [3.05, 3.63) is 30.1 Å². The molecule has 1 saturated carbocycles. The van der Waals surface area contributed by atoms with Crippen LogP contribution < -0.4 is 5.32 Å². The van der Waals surface area contributed by atoms with Crippen molar-refractivity contribution in [1.82, 2.24) is 5.32 Å². The Morgan fingerprint density at radius 1 is 1.26 bits per heavy atom. The highest BCUT2D eigenvalue weighted by atomic mass is 32.2. The highest BCUT2D eigenvalue weighted by Crippen LogP contribution is 2.29. The van der Waals surface area contributed by atoms with Crippen LogP contribution in [0.1, 0.15) is 25.7 Å². The molecule has 1 aromatic carbocycles. The molecule has 1 aromatic rings. The summed E-state index contributed by atoms with van der Waals surface area (Å²) in [6, 6.07) is 5.50. The van der Waals surface area contributed by atoms with Gasteiger partial charge in [0.25, 0.3) is 0 Å². The predicted octanol–water partition coefficient (Wildman–Crippen LogP) is 2.38. The third-order valence-electron chi connectivity index (χ3n) is 3.96. The van der Waals surface area contributed by atoms with Gasteiger partial charge in [-0.15, -0.1) is 0 Å². The van der Waals surface area contributed by atoms with Crippen molar-refractivity contribution in [2.24, 2.45) is 5.92 Å². The predicted molar refractivity (Wildman–Crippen MR) is 73.3 cm³/mol. The van der Waals surface area contributed by atoms with E-state index in [9.17, 15) is 12.8 Å². The standard InChI is InChI=1S/C14H20FNO2S/c1-16-14-4-2-3-11(14)9-10-19(17,18)13-7-5-12(15)6-8-13/h5-8,11,14,16H,2-4,9-10H2,1H3. The van der Waals surface area contributed by atoms with Crippen LogP contribution in [0.2, 0.25) is 0 Å². The van der Waals surface area contributed by atoms with E-state index in [-0.39, 0.29) is 10.6 Å². The van der Waals surface area contributed by atoms with Crippen LogP contribution in [0, 0.1) is 11.7 Å². The molecule has 1 N–H and O–H groups in total. The molecule has 5 heteroatoms. The molecule has 0 heterocycles. The zero-order chi connectivity index (χ0) is 13.9. The first kappa shape index (κ1) is 14.5. The zero-order valence-electron chi connectivity index (χ0n) is 11.1. The molecule has 0 aliphatic heterocycles. The van der Waals surface area contributed by atoms with Gasteiger partial charge in [-0.05, 0) is 56.5 Å². The second kappa shape index (κ2) is 6.01. The lowest BCUT2D eigenvalue weighted by molar-refractivity contribution is 0.414. The van der Waals surface area contributed by atoms with E-state index in [0.29, 0.717) is 18.4 Å². The summed E-state index contributed by atoms with van der Waals surface area (Å²) in [6.45, 7) is 0. The van der Waals surface area contributed by atoms with Gasteiger partial charge in [0.2, 0.25) is 0 Å². The number of sulfone groups is 1. The molecule has 1 aliphatic rings. The zero-order valence-corrected chi connectivity index (χ0v) is 11.9. The Hall–Kier alpha value is -0.940. The first-order chi connectivity index (χ1) is 9.03. The van der Waals surface area contributed by atoms with Crippen molar-refractivity contribution in [1.29, 1.82) is 0 Å². The van der Waals surface area contributed by atoms with E-state index >= 15 is 0 Å². The summed E-state index contributed by atoms with van der Waals surface area (Å²) < 4.78 is 37.1. The topological polar surface area (TPSA) is 46.2 Å². The fraction of sp³-hybridized carbons (Fsp3) is 0.571. The fourth-order valence-electron chi connectivity index (χ4n) is 2.83. The molecule has 19 heavy (non-hydrogen) atoms. The van der Waals surface area contributed by atoms with Crippen LogP contribution >= 0.6 is 0 Å². The lowest BCUT2D eigenvalue weighted by Crippen LogP contribution is -2.30. The molecule has 0 saturated heterocycles. The largest absolute Gasteiger partial charge is 0.317 e. The molecule has 0 aromatic heterocycles. The van der Waals surface area contributed by atoms with E-state index < -0.39 is 15.7 Å². The minimum atomic E-state index is -3.29. The third kappa shape index (κ3) is 3.54. The lowest BCUT2D eigenvalue weighted by atomic mass is 10.0.